The predicted molar refractivity (Wildman–Crippen MR) is 66.7 cm³/mol. The summed E-state index contributed by atoms with van der Waals surface area (Å²) in [4.78, 5) is 13.9. The first-order valence-corrected chi connectivity index (χ1v) is 6.42. The molecule has 0 radical (unpaired) electrons. The summed E-state index contributed by atoms with van der Waals surface area (Å²) < 4.78 is 0. The van der Waals surface area contributed by atoms with Crippen molar-refractivity contribution in [3.8, 4) is 0 Å². The van der Waals surface area contributed by atoms with Crippen LogP contribution < -0.4 is 5.32 Å². The van der Waals surface area contributed by atoms with Crippen molar-refractivity contribution in [3.63, 3.8) is 0 Å². The molecule has 0 aliphatic carbocycles. The van der Waals surface area contributed by atoms with Crippen molar-refractivity contribution >= 4 is 17.5 Å². The van der Waals surface area contributed by atoms with Gasteiger partial charge in [-0.3, -0.25) is 10.1 Å². The third-order valence-electron chi connectivity index (χ3n) is 3.76. The minimum Gasteiger partial charge on any atom is -0.320 e. The van der Waals surface area contributed by atoms with Crippen LogP contribution in [0.1, 0.15) is 24.8 Å². The van der Waals surface area contributed by atoms with Gasteiger partial charge in [-0.25, -0.2) is 0 Å². The Kier molecular flexibility index (Phi) is 2.60. The Hall–Kier alpha value is -1.06. The molecule has 17 heavy (non-hydrogen) atoms. The zero-order valence-corrected chi connectivity index (χ0v) is 10.3. The highest BCUT2D eigenvalue weighted by Crippen LogP contribution is 2.39. The Morgan fingerprint density at radius 2 is 2.06 bits per heavy atom. The summed E-state index contributed by atoms with van der Waals surface area (Å²) in [5.74, 6) is 0.257. The van der Waals surface area contributed by atoms with Gasteiger partial charge in [-0.15, -0.1) is 0 Å². The highest BCUT2D eigenvalue weighted by Gasteiger charge is 2.47. The van der Waals surface area contributed by atoms with E-state index in [1.165, 1.54) is 0 Å². The molecule has 1 aromatic carbocycles. The molecule has 2 aliphatic heterocycles. The number of halogens is 1. The van der Waals surface area contributed by atoms with Gasteiger partial charge in [0, 0.05) is 18.0 Å². The Labute approximate surface area is 106 Å². The van der Waals surface area contributed by atoms with Gasteiger partial charge < -0.3 is 4.90 Å². The van der Waals surface area contributed by atoms with Gasteiger partial charge in [-0.05, 0) is 37.1 Å². The lowest BCUT2D eigenvalue weighted by Gasteiger charge is -2.43. The molecular weight excluding hydrogens is 236 g/mol. The molecule has 0 saturated carbocycles. The summed E-state index contributed by atoms with van der Waals surface area (Å²) in [5, 5.41) is 4.26. The van der Waals surface area contributed by atoms with Gasteiger partial charge in [0.1, 0.15) is 5.66 Å². The van der Waals surface area contributed by atoms with E-state index in [4.69, 9.17) is 11.6 Å². The quantitative estimate of drug-likeness (QED) is 0.828. The van der Waals surface area contributed by atoms with Crippen LogP contribution in [0.15, 0.2) is 24.3 Å². The lowest BCUT2D eigenvalue weighted by atomic mass is 9.94. The van der Waals surface area contributed by atoms with E-state index in [9.17, 15) is 4.79 Å². The van der Waals surface area contributed by atoms with Gasteiger partial charge in [-0.2, -0.15) is 0 Å². The molecule has 0 aromatic heterocycles. The fraction of sp³-hybridized carbons (Fsp3) is 0.462. The third-order valence-corrected chi connectivity index (χ3v) is 4.01. The predicted octanol–water partition coefficient (Wildman–Crippen LogP) is 2.11. The van der Waals surface area contributed by atoms with E-state index in [1.807, 2.05) is 29.2 Å². The van der Waals surface area contributed by atoms with Gasteiger partial charge in [0.15, 0.2) is 0 Å². The zero-order valence-electron chi connectivity index (χ0n) is 9.58. The first-order chi connectivity index (χ1) is 8.22. The molecule has 1 aromatic rings. The van der Waals surface area contributed by atoms with Crippen LogP contribution in [-0.2, 0) is 10.5 Å². The van der Waals surface area contributed by atoms with Crippen molar-refractivity contribution in [2.45, 2.75) is 24.9 Å². The van der Waals surface area contributed by atoms with Crippen molar-refractivity contribution in [2.75, 3.05) is 13.1 Å². The topological polar surface area (TPSA) is 32.3 Å². The lowest BCUT2D eigenvalue weighted by Crippen LogP contribution is -2.58. The molecule has 0 bridgehead atoms. The van der Waals surface area contributed by atoms with Crippen LogP contribution in [-0.4, -0.2) is 23.9 Å². The van der Waals surface area contributed by atoms with Crippen LogP contribution in [0.3, 0.4) is 0 Å². The normalized spacial score (nSPS) is 28.3. The molecule has 0 unspecified atom stereocenters. The number of carbonyl (C=O) groups excluding carboxylic acids is 1. The first-order valence-electron chi connectivity index (χ1n) is 6.04. The van der Waals surface area contributed by atoms with E-state index in [0.29, 0.717) is 6.42 Å². The minimum atomic E-state index is -0.278. The third kappa shape index (κ3) is 1.65. The van der Waals surface area contributed by atoms with E-state index >= 15 is 0 Å². The fourth-order valence-corrected chi connectivity index (χ4v) is 3.06. The van der Waals surface area contributed by atoms with E-state index < -0.39 is 0 Å². The van der Waals surface area contributed by atoms with Crippen LogP contribution in [0.2, 0.25) is 5.02 Å². The Morgan fingerprint density at radius 3 is 2.82 bits per heavy atom. The molecule has 0 spiro atoms. The summed E-state index contributed by atoms with van der Waals surface area (Å²) in [6, 6.07) is 7.82. The van der Waals surface area contributed by atoms with E-state index in [-0.39, 0.29) is 11.6 Å². The van der Waals surface area contributed by atoms with Gasteiger partial charge >= 0.3 is 0 Å². The molecule has 2 heterocycles. The monoisotopic (exact) mass is 250 g/mol. The van der Waals surface area contributed by atoms with Crippen LogP contribution in [0.4, 0.5) is 0 Å². The highest BCUT2D eigenvalue weighted by atomic mass is 35.5. The second-order valence-corrected chi connectivity index (χ2v) is 5.13. The summed E-state index contributed by atoms with van der Waals surface area (Å²) >= 11 is 5.92. The number of nitrogens with zero attached hydrogens (tertiary/aromatic N) is 1. The number of benzene rings is 1. The maximum atomic E-state index is 11.9. The highest BCUT2D eigenvalue weighted by molar-refractivity contribution is 6.30. The van der Waals surface area contributed by atoms with Crippen LogP contribution in [0, 0.1) is 0 Å². The molecule has 1 atom stereocenters. The Morgan fingerprint density at radius 1 is 1.29 bits per heavy atom. The number of hydrogen-bond acceptors (Lipinski definition) is 2. The minimum absolute atomic E-state index is 0.257. The smallest absolute Gasteiger partial charge is 0.224 e. The van der Waals surface area contributed by atoms with Crippen LogP contribution in [0.25, 0.3) is 0 Å². The second kappa shape index (κ2) is 4.00. The molecule has 4 heteroatoms. The fourth-order valence-electron chi connectivity index (χ4n) is 2.93. The SMILES string of the molecule is O=C1CC[C@]2(c3ccc(Cl)cc3)NCCCN12. The largest absolute Gasteiger partial charge is 0.320 e. The van der Waals surface area contributed by atoms with E-state index in [2.05, 4.69) is 5.32 Å². The molecule has 3 rings (SSSR count). The van der Waals surface area contributed by atoms with Crippen molar-refractivity contribution in [1.29, 1.82) is 0 Å². The summed E-state index contributed by atoms with van der Waals surface area (Å²) in [7, 11) is 0. The molecule has 1 N–H and O–H groups in total. The molecule has 2 fully saturated rings. The van der Waals surface area contributed by atoms with Gasteiger partial charge in [0.2, 0.25) is 5.91 Å². The van der Waals surface area contributed by atoms with Gasteiger partial charge in [0.25, 0.3) is 0 Å². The van der Waals surface area contributed by atoms with E-state index in [0.717, 1.165) is 36.5 Å². The zero-order chi connectivity index (χ0) is 11.9. The van der Waals surface area contributed by atoms with Crippen molar-refractivity contribution in [2.24, 2.45) is 0 Å². The molecule has 2 saturated heterocycles. The van der Waals surface area contributed by atoms with Crippen molar-refractivity contribution in [1.82, 2.24) is 10.2 Å². The van der Waals surface area contributed by atoms with Crippen molar-refractivity contribution < 1.29 is 4.79 Å². The number of carbonyl (C=O) groups is 1. The Balaban J connectivity index is 2.03. The van der Waals surface area contributed by atoms with Gasteiger partial charge in [-0.1, -0.05) is 23.7 Å². The lowest BCUT2D eigenvalue weighted by molar-refractivity contribution is -0.133. The number of hydrogen-bond donors (Lipinski definition) is 1. The molecular formula is C13H15ClN2O. The maximum absolute atomic E-state index is 11.9. The van der Waals surface area contributed by atoms with Gasteiger partial charge in [0.05, 0.1) is 0 Å². The summed E-state index contributed by atoms with van der Waals surface area (Å²) in [6.07, 6.45) is 2.52. The first kappa shape index (κ1) is 11.1. The van der Waals surface area contributed by atoms with Crippen LogP contribution >= 0.6 is 11.6 Å². The van der Waals surface area contributed by atoms with Crippen LogP contribution in [0.5, 0.6) is 0 Å². The average molecular weight is 251 g/mol. The standard InChI is InChI=1S/C13H15ClN2O/c14-11-4-2-10(3-5-11)13-7-6-12(17)16(13)9-1-8-15-13/h2-5,15H,1,6-9H2/t13-/m0/s1. The number of amides is 1. The number of fused-ring (bicyclic) bond motifs is 1. The number of rotatable bonds is 1. The second-order valence-electron chi connectivity index (χ2n) is 4.69. The molecule has 1 amide bonds. The maximum Gasteiger partial charge on any atom is 0.224 e. The molecule has 2 aliphatic rings. The number of nitrogens with one attached hydrogen (secondary N) is 1. The summed E-state index contributed by atoms with van der Waals surface area (Å²) in [5.41, 5.74) is 0.868. The molecule has 90 valence electrons. The molecule has 3 nitrogen and oxygen atoms in total. The van der Waals surface area contributed by atoms with Crippen molar-refractivity contribution in [3.05, 3.63) is 34.9 Å². The average Bonchev–Trinajstić information content (AvgIpc) is 2.70. The Bertz CT molecular complexity index is 445. The summed E-state index contributed by atoms with van der Waals surface area (Å²) in [6.45, 7) is 1.82. The van der Waals surface area contributed by atoms with E-state index in [1.54, 1.807) is 0 Å².